The molecule has 0 spiro atoms. The van der Waals surface area contributed by atoms with Crippen molar-refractivity contribution >= 4 is 11.4 Å². The largest absolute Gasteiger partial charge is 0.489 e. The Hall–Kier alpha value is -3.14. The molecule has 2 aromatic carbocycles. The number of nitrogens with zero attached hydrogens (tertiary/aromatic N) is 2. The second-order valence-corrected chi connectivity index (χ2v) is 5.72. The van der Waals surface area contributed by atoms with E-state index in [2.05, 4.69) is 9.97 Å². The normalized spacial score (nSPS) is 11.4. The second-order valence-electron chi connectivity index (χ2n) is 5.72. The van der Waals surface area contributed by atoms with Gasteiger partial charge in [-0.1, -0.05) is 48.5 Å². The highest BCUT2D eigenvalue weighted by Crippen LogP contribution is 2.30. The lowest BCUT2D eigenvalue weighted by Gasteiger charge is -2.14. The molecule has 3 aromatic rings. The van der Waals surface area contributed by atoms with Crippen LogP contribution in [0.3, 0.4) is 0 Å². The molecule has 0 saturated carbocycles. The zero-order valence-electron chi connectivity index (χ0n) is 14.4. The Morgan fingerprint density at radius 2 is 1.88 bits per heavy atom. The fourth-order valence-electron chi connectivity index (χ4n) is 2.77. The van der Waals surface area contributed by atoms with Crippen LogP contribution in [-0.4, -0.2) is 9.97 Å². The van der Waals surface area contributed by atoms with Crippen LogP contribution in [0.2, 0.25) is 0 Å². The van der Waals surface area contributed by atoms with Gasteiger partial charge in [-0.05, 0) is 42.7 Å². The third kappa shape index (κ3) is 3.86. The van der Waals surface area contributed by atoms with Crippen LogP contribution in [0.5, 0.6) is 5.75 Å². The molecule has 1 heterocycles. The van der Waals surface area contributed by atoms with Crippen LogP contribution in [0.25, 0.3) is 5.57 Å². The number of nitrogens with two attached hydrogens (primary N) is 1. The van der Waals surface area contributed by atoms with Gasteiger partial charge in [-0.25, -0.2) is 9.97 Å². The number of hydrogen-bond donors (Lipinski definition) is 1. The van der Waals surface area contributed by atoms with Crippen molar-refractivity contribution in [2.24, 2.45) is 0 Å². The molecular formula is C21H21N3O. The van der Waals surface area contributed by atoms with Crippen LogP contribution in [0, 0.1) is 6.92 Å². The molecule has 4 nitrogen and oxygen atoms in total. The van der Waals surface area contributed by atoms with Crippen LogP contribution in [0.1, 0.15) is 29.3 Å². The molecule has 0 amide bonds. The number of rotatable bonds is 5. The molecule has 0 aliphatic rings. The summed E-state index contributed by atoms with van der Waals surface area (Å²) < 4.78 is 5.93. The molecule has 0 atom stereocenters. The Bertz CT molecular complexity index is 868. The number of anilines is 1. The first kappa shape index (κ1) is 16.7. The van der Waals surface area contributed by atoms with Crippen molar-refractivity contribution in [3.05, 3.63) is 89.4 Å². The molecule has 0 fully saturated rings. The maximum Gasteiger partial charge on any atom is 0.134 e. The number of ether oxygens (including phenoxy) is 1. The van der Waals surface area contributed by atoms with Crippen molar-refractivity contribution in [3.63, 3.8) is 0 Å². The standard InChI is InChI=1S/C21H21N3O/c1-3-19(20-15(2)23-14-24-21(20)22)17-10-7-11-18(12-17)25-13-16-8-5-4-6-9-16/h3-12,14H,13H2,1-2H3,(H2,22,23,24)/b19-3-. The predicted octanol–water partition coefficient (Wildman–Crippen LogP) is 4.40. The molecule has 0 unspecified atom stereocenters. The minimum Gasteiger partial charge on any atom is -0.489 e. The Labute approximate surface area is 148 Å². The highest BCUT2D eigenvalue weighted by molar-refractivity contribution is 5.85. The first-order valence-corrected chi connectivity index (χ1v) is 8.20. The lowest BCUT2D eigenvalue weighted by atomic mass is 9.97. The number of benzene rings is 2. The summed E-state index contributed by atoms with van der Waals surface area (Å²) in [6.45, 7) is 4.45. The number of aryl methyl sites for hydroxylation is 1. The van der Waals surface area contributed by atoms with Crippen molar-refractivity contribution in [1.82, 2.24) is 9.97 Å². The molecule has 126 valence electrons. The monoisotopic (exact) mass is 331 g/mol. The lowest BCUT2D eigenvalue weighted by Crippen LogP contribution is -2.03. The van der Waals surface area contributed by atoms with Crippen molar-refractivity contribution in [2.75, 3.05) is 5.73 Å². The van der Waals surface area contributed by atoms with E-state index in [0.717, 1.165) is 33.7 Å². The molecule has 0 saturated heterocycles. The third-order valence-corrected chi connectivity index (χ3v) is 4.02. The third-order valence-electron chi connectivity index (χ3n) is 4.02. The summed E-state index contributed by atoms with van der Waals surface area (Å²) in [5.41, 5.74) is 11.0. The fourth-order valence-corrected chi connectivity index (χ4v) is 2.77. The highest BCUT2D eigenvalue weighted by atomic mass is 16.5. The van der Waals surface area contributed by atoms with Gasteiger partial charge in [0.05, 0.1) is 5.69 Å². The Balaban J connectivity index is 1.87. The van der Waals surface area contributed by atoms with Gasteiger partial charge in [-0.3, -0.25) is 0 Å². The Morgan fingerprint density at radius 1 is 1.08 bits per heavy atom. The quantitative estimate of drug-likeness (QED) is 0.753. The van der Waals surface area contributed by atoms with Crippen molar-refractivity contribution in [2.45, 2.75) is 20.5 Å². The zero-order chi connectivity index (χ0) is 17.6. The summed E-state index contributed by atoms with van der Waals surface area (Å²) in [7, 11) is 0. The smallest absolute Gasteiger partial charge is 0.134 e. The van der Waals surface area contributed by atoms with Gasteiger partial charge in [0.1, 0.15) is 24.5 Å². The minimum absolute atomic E-state index is 0.483. The molecule has 0 aliphatic heterocycles. The summed E-state index contributed by atoms with van der Waals surface area (Å²) in [6.07, 6.45) is 3.51. The highest BCUT2D eigenvalue weighted by Gasteiger charge is 2.13. The molecule has 0 aliphatic carbocycles. The topological polar surface area (TPSA) is 61.0 Å². The van der Waals surface area contributed by atoms with Gasteiger partial charge in [0, 0.05) is 5.56 Å². The van der Waals surface area contributed by atoms with Gasteiger partial charge < -0.3 is 10.5 Å². The molecule has 3 rings (SSSR count). The molecule has 0 bridgehead atoms. The van der Waals surface area contributed by atoms with E-state index in [9.17, 15) is 0 Å². The van der Waals surface area contributed by atoms with Crippen LogP contribution in [0.4, 0.5) is 5.82 Å². The maximum atomic E-state index is 6.08. The molecule has 4 heteroatoms. The van der Waals surface area contributed by atoms with Crippen LogP contribution >= 0.6 is 0 Å². The van der Waals surface area contributed by atoms with E-state index in [1.165, 1.54) is 6.33 Å². The van der Waals surface area contributed by atoms with Gasteiger partial charge in [0.25, 0.3) is 0 Å². The van der Waals surface area contributed by atoms with Gasteiger partial charge >= 0.3 is 0 Å². The minimum atomic E-state index is 0.483. The van der Waals surface area contributed by atoms with E-state index in [0.29, 0.717) is 12.4 Å². The molecular weight excluding hydrogens is 310 g/mol. The van der Waals surface area contributed by atoms with Crippen LogP contribution in [-0.2, 0) is 6.61 Å². The molecule has 2 N–H and O–H groups in total. The zero-order valence-corrected chi connectivity index (χ0v) is 14.4. The van der Waals surface area contributed by atoms with E-state index < -0.39 is 0 Å². The van der Waals surface area contributed by atoms with Gasteiger partial charge in [0.15, 0.2) is 0 Å². The average molecular weight is 331 g/mol. The number of nitrogen functional groups attached to an aromatic ring is 1. The number of aromatic nitrogens is 2. The van der Waals surface area contributed by atoms with Crippen molar-refractivity contribution in [3.8, 4) is 5.75 Å². The van der Waals surface area contributed by atoms with Gasteiger partial charge in [0.2, 0.25) is 0 Å². The number of allylic oxidation sites excluding steroid dienone is 1. The first-order valence-electron chi connectivity index (χ1n) is 8.20. The van der Waals surface area contributed by atoms with Crippen LogP contribution < -0.4 is 10.5 Å². The maximum absolute atomic E-state index is 6.08. The Kier molecular flexibility index (Phi) is 5.09. The van der Waals surface area contributed by atoms with Crippen molar-refractivity contribution in [1.29, 1.82) is 0 Å². The average Bonchev–Trinajstić information content (AvgIpc) is 2.64. The molecule has 25 heavy (non-hydrogen) atoms. The summed E-state index contributed by atoms with van der Waals surface area (Å²) in [4.78, 5) is 8.40. The summed E-state index contributed by atoms with van der Waals surface area (Å²) in [5.74, 6) is 1.30. The van der Waals surface area contributed by atoms with Crippen molar-refractivity contribution < 1.29 is 4.74 Å². The number of hydrogen-bond acceptors (Lipinski definition) is 4. The predicted molar refractivity (Wildman–Crippen MR) is 101 cm³/mol. The van der Waals surface area contributed by atoms with E-state index >= 15 is 0 Å². The second kappa shape index (κ2) is 7.62. The van der Waals surface area contributed by atoms with E-state index in [-0.39, 0.29) is 0 Å². The van der Waals surface area contributed by atoms with E-state index in [4.69, 9.17) is 10.5 Å². The lowest BCUT2D eigenvalue weighted by molar-refractivity contribution is 0.306. The van der Waals surface area contributed by atoms with Gasteiger partial charge in [-0.2, -0.15) is 0 Å². The van der Waals surface area contributed by atoms with Crippen LogP contribution in [0.15, 0.2) is 67.0 Å². The summed E-state index contributed by atoms with van der Waals surface area (Å²) in [6, 6.07) is 18.1. The molecule has 1 aromatic heterocycles. The first-order chi connectivity index (χ1) is 12.2. The summed E-state index contributed by atoms with van der Waals surface area (Å²) in [5, 5.41) is 0. The summed E-state index contributed by atoms with van der Waals surface area (Å²) >= 11 is 0. The molecule has 0 radical (unpaired) electrons. The Morgan fingerprint density at radius 3 is 2.60 bits per heavy atom. The van der Waals surface area contributed by atoms with E-state index in [1.807, 2.05) is 74.5 Å². The van der Waals surface area contributed by atoms with Gasteiger partial charge in [-0.15, -0.1) is 0 Å². The fraction of sp³-hybridized carbons (Fsp3) is 0.143. The van der Waals surface area contributed by atoms with E-state index in [1.54, 1.807) is 0 Å². The SMILES string of the molecule is C/C=C(/c1cccc(OCc2ccccc2)c1)c1c(C)ncnc1N.